The predicted octanol–water partition coefficient (Wildman–Crippen LogP) is 1.30. The zero-order valence-electron chi connectivity index (χ0n) is 10.5. The zero-order valence-corrected chi connectivity index (χ0v) is 11.3. The van der Waals surface area contributed by atoms with Gasteiger partial charge in [0.2, 0.25) is 10.0 Å². The first-order valence-electron chi connectivity index (χ1n) is 5.42. The van der Waals surface area contributed by atoms with Crippen LogP contribution in [-0.2, 0) is 10.0 Å². The molecule has 1 aromatic carbocycles. The molecular formula is C11H15F2N3O2S. The molecule has 3 N–H and O–H groups in total. The number of amidine groups is 1. The van der Waals surface area contributed by atoms with Crippen molar-refractivity contribution in [3.8, 4) is 0 Å². The molecule has 1 aromatic rings. The molecule has 0 spiro atoms. The van der Waals surface area contributed by atoms with Crippen molar-refractivity contribution in [3.63, 3.8) is 0 Å². The molecule has 0 saturated carbocycles. The highest BCUT2D eigenvalue weighted by Crippen LogP contribution is 2.21. The van der Waals surface area contributed by atoms with Crippen LogP contribution in [0.3, 0.4) is 0 Å². The molecule has 0 heterocycles. The van der Waals surface area contributed by atoms with E-state index < -0.39 is 32.6 Å². The number of nitrogens with zero attached hydrogens (tertiary/aromatic N) is 1. The van der Waals surface area contributed by atoms with Crippen LogP contribution in [0.5, 0.6) is 0 Å². The van der Waals surface area contributed by atoms with Gasteiger partial charge in [-0.3, -0.25) is 5.41 Å². The highest BCUT2D eigenvalue weighted by Gasteiger charge is 2.28. The quantitative estimate of drug-likeness (QED) is 0.633. The zero-order chi connectivity index (χ0) is 14.8. The molecule has 8 heteroatoms. The van der Waals surface area contributed by atoms with Crippen LogP contribution in [0.4, 0.5) is 8.78 Å². The number of halogens is 2. The lowest BCUT2D eigenvalue weighted by Gasteiger charge is -2.24. The first-order chi connectivity index (χ1) is 8.66. The average Bonchev–Trinajstić information content (AvgIpc) is 2.30. The second-order valence-electron chi connectivity index (χ2n) is 4.17. The lowest BCUT2D eigenvalue weighted by Crippen LogP contribution is -2.38. The van der Waals surface area contributed by atoms with E-state index in [4.69, 9.17) is 11.1 Å². The Morgan fingerprint density at radius 2 is 2.05 bits per heavy atom. The van der Waals surface area contributed by atoms with Gasteiger partial charge in [0, 0.05) is 19.5 Å². The standard InChI is InChI=1S/C11H15F2N3O2S/c1-7(5-11(14)15)16(2)19(17,18)10-6-8(12)3-4-9(10)13/h3-4,6-7H,5H2,1-2H3,(H3,14,15). The van der Waals surface area contributed by atoms with Gasteiger partial charge in [0.25, 0.3) is 0 Å². The Kier molecular flexibility index (Phi) is 4.59. The van der Waals surface area contributed by atoms with Crippen LogP contribution in [0, 0.1) is 17.0 Å². The molecule has 19 heavy (non-hydrogen) atoms. The summed E-state index contributed by atoms with van der Waals surface area (Å²) in [4.78, 5) is -0.731. The maximum absolute atomic E-state index is 13.5. The highest BCUT2D eigenvalue weighted by molar-refractivity contribution is 7.89. The summed E-state index contributed by atoms with van der Waals surface area (Å²) in [6.07, 6.45) is 0.00661. The lowest BCUT2D eigenvalue weighted by atomic mass is 10.2. The lowest BCUT2D eigenvalue weighted by molar-refractivity contribution is 0.392. The van der Waals surface area contributed by atoms with E-state index in [1.807, 2.05) is 0 Å². The number of hydrogen-bond acceptors (Lipinski definition) is 3. The fourth-order valence-electron chi connectivity index (χ4n) is 1.51. The molecule has 0 aliphatic carbocycles. The Balaban J connectivity index is 3.16. The molecule has 0 aromatic heterocycles. The fraction of sp³-hybridized carbons (Fsp3) is 0.364. The number of nitrogens with one attached hydrogen (secondary N) is 1. The third-order valence-corrected chi connectivity index (χ3v) is 4.67. The number of hydrogen-bond donors (Lipinski definition) is 2. The highest BCUT2D eigenvalue weighted by atomic mass is 32.2. The van der Waals surface area contributed by atoms with Crippen LogP contribution in [0.2, 0.25) is 0 Å². The topological polar surface area (TPSA) is 87.2 Å². The summed E-state index contributed by atoms with van der Waals surface area (Å²) in [6, 6.07) is 1.59. The van der Waals surface area contributed by atoms with Gasteiger partial charge in [-0.2, -0.15) is 4.31 Å². The van der Waals surface area contributed by atoms with E-state index in [1.54, 1.807) is 0 Å². The van der Waals surface area contributed by atoms with Crippen LogP contribution in [0.15, 0.2) is 23.1 Å². The summed E-state index contributed by atoms with van der Waals surface area (Å²) in [7, 11) is -2.94. The molecule has 0 aliphatic heterocycles. The fourth-order valence-corrected chi connectivity index (χ4v) is 2.95. The Morgan fingerprint density at radius 3 is 2.58 bits per heavy atom. The summed E-state index contributed by atoms with van der Waals surface area (Å²) >= 11 is 0. The Labute approximate surface area is 110 Å². The van der Waals surface area contributed by atoms with Crippen LogP contribution in [0.1, 0.15) is 13.3 Å². The van der Waals surface area contributed by atoms with Gasteiger partial charge < -0.3 is 5.73 Å². The Morgan fingerprint density at radius 1 is 1.47 bits per heavy atom. The van der Waals surface area contributed by atoms with E-state index in [0.29, 0.717) is 6.07 Å². The molecule has 0 fully saturated rings. The molecule has 0 radical (unpaired) electrons. The molecule has 0 saturated heterocycles. The van der Waals surface area contributed by atoms with E-state index in [9.17, 15) is 17.2 Å². The van der Waals surface area contributed by atoms with Crippen molar-refractivity contribution in [2.75, 3.05) is 7.05 Å². The molecule has 0 bridgehead atoms. The SMILES string of the molecule is CC(CC(=N)N)N(C)S(=O)(=O)c1cc(F)ccc1F. The first kappa shape index (κ1) is 15.5. The molecule has 1 unspecified atom stereocenters. The van der Waals surface area contributed by atoms with Gasteiger partial charge in [0.05, 0.1) is 5.84 Å². The number of benzene rings is 1. The molecule has 5 nitrogen and oxygen atoms in total. The Hall–Kier alpha value is -1.54. The summed E-state index contributed by atoms with van der Waals surface area (Å²) in [5.41, 5.74) is 5.19. The number of nitrogens with two attached hydrogens (primary N) is 1. The maximum atomic E-state index is 13.5. The number of sulfonamides is 1. The normalized spacial score (nSPS) is 13.5. The van der Waals surface area contributed by atoms with Gasteiger partial charge in [0.15, 0.2) is 0 Å². The number of rotatable bonds is 5. The molecule has 1 rings (SSSR count). The van der Waals surface area contributed by atoms with Crippen molar-refractivity contribution in [2.24, 2.45) is 5.73 Å². The maximum Gasteiger partial charge on any atom is 0.246 e. The molecule has 0 aliphatic rings. The summed E-state index contributed by atoms with van der Waals surface area (Å²) < 4.78 is 51.7. The minimum Gasteiger partial charge on any atom is -0.388 e. The van der Waals surface area contributed by atoms with E-state index in [1.165, 1.54) is 14.0 Å². The monoisotopic (exact) mass is 291 g/mol. The molecular weight excluding hydrogens is 276 g/mol. The van der Waals surface area contributed by atoms with Crippen molar-refractivity contribution >= 4 is 15.9 Å². The average molecular weight is 291 g/mol. The van der Waals surface area contributed by atoms with E-state index in [0.717, 1.165) is 16.4 Å². The van der Waals surface area contributed by atoms with Gasteiger partial charge >= 0.3 is 0 Å². The van der Waals surface area contributed by atoms with Crippen molar-refractivity contribution in [1.82, 2.24) is 4.31 Å². The first-order valence-corrected chi connectivity index (χ1v) is 6.86. The minimum absolute atomic E-state index is 0.00661. The van der Waals surface area contributed by atoms with E-state index in [-0.39, 0.29) is 12.3 Å². The van der Waals surface area contributed by atoms with Crippen LogP contribution in [-0.4, -0.2) is 31.6 Å². The third kappa shape index (κ3) is 3.48. The van der Waals surface area contributed by atoms with Crippen molar-refractivity contribution in [3.05, 3.63) is 29.8 Å². The van der Waals surface area contributed by atoms with Gasteiger partial charge in [-0.1, -0.05) is 0 Å². The molecule has 106 valence electrons. The molecule has 0 amide bonds. The van der Waals surface area contributed by atoms with Crippen molar-refractivity contribution < 1.29 is 17.2 Å². The summed E-state index contributed by atoms with van der Waals surface area (Å²) in [6.45, 7) is 1.52. The van der Waals surface area contributed by atoms with Gasteiger partial charge in [-0.25, -0.2) is 17.2 Å². The Bertz CT molecular complexity index is 590. The predicted molar refractivity (Wildman–Crippen MR) is 67.3 cm³/mol. The smallest absolute Gasteiger partial charge is 0.246 e. The summed E-state index contributed by atoms with van der Waals surface area (Å²) in [5, 5.41) is 7.13. The van der Waals surface area contributed by atoms with E-state index >= 15 is 0 Å². The van der Waals surface area contributed by atoms with Gasteiger partial charge in [0.1, 0.15) is 16.5 Å². The summed E-state index contributed by atoms with van der Waals surface area (Å²) in [5.74, 6) is -2.05. The second-order valence-corrected chi connectivity index (χ2v) is 6.14. The van der Waals surface area contributed by atoms with Crippen molar-refractivity contribution in [1.29, 1.82) is 5.41 Å². The largest absolute Gasteiger partial charge is 0.388 e. The van der Waals surface area contributed by atoms with Gasteiger partial charge in [-0.05, 0) is 25.1 Å². The van der Waals surface area contributed by atoms with Crippen LogP contribution >= 0.6 is 0 Å². The van der Waals surface area contributed by atoms with Crippen LogP contribution in [0.25, 0.3) is 0 Å². The van der Waals surface area contributed by atoms with Crippen LogP contribution < -0.4 is 5.73 Å². The molecule has 1 atom stereocenters. The third-order valence-electron chi connectivity index (χ3n) is 2.69. The van der Waals surface area contributed by atoms with E-state index in [2.05, 4.69) is 0 Å². The van der Waals surface area contributed by atoms with Crippen molar-refractivity contribution in [2.45, 2.75) is 24.3 Å². The second kappa shape index (κ2) is 5.62. The minimum atomic E-state index is -4.17. The van der Waals surface area contributed by atoms with Gasteiger partial charge in [-0.15, -0.1) is 0 Å².